The molecule has 1 aromatic heterocycles. The number of rotatable bonds is 5. The van der Waals surface area contributed by atoms with Gasteiger partial charge in [0.15, 0.2) is 5.82 Å². The number of likely N-dealkylation sites (tertiary alicyclic amines) is 1. The fourth-order valence-corrected chi connectivity index (χ4v) is 6.93. The number of aliphatic imine (C=N–C) groups is 1. The lowest BCUT2D eigenvalue weighted by atomic mass is 9.67. The minimum atomic E-state index is 0.0165. The van der Waals surface area contributed by atoms with Crippen LogP contribution in [0.5, 0.6) is 0 Å². The summed E-state index contributed by atoms with van der Waals surface area (Å²) in [6.07, 6.45) is 10.6. The topological polar surface area (TPSA) is 43.8 Å². The third-order valence-corrected chi connectivity index (χ3v) is 8.98. The number of benzene rings is 1. The Labute approximate surface area is 220 Å². The fraction of sp³-hybridized carbons (Fsp3) is 0.467. The quantitative estimate of drug-likeness (QED) is 0.485. The van der Waals surface area contributed by atoms with Crippen LogP contribution in [-0.2, 0) is 11.8 Å². The molecule has 1 aromatic carbocycles. The van der Waals surface area contributed by atoms with Crippen molar-refractivity contribution in [1.82, 2.24) is 9.88 Å². The Kier molecular flexibility index (Phi) is 5.77. The van der Waals surface area contributed by atoms with Crippen molar-refractivity contribution in [2.45, 2.75) is 63.8 Å². The van der Waals surface area contributed by atoms with Gasteiger partial charge in [-0.2, -0.15) is 0 Å². The van der Waals surface area contributed by atoms with Crippen LogP contribution in [0.4, 0.5) is 17.2 Å². The number of anilines is 2. The summed E-state index contributed by atoms with van der Waals surface area (Å²) < 4.78 is 0. The van der Waals surface area contributed by atoms with Crippen molar-refractivity contribution in [3.8, 4) is 0 Å². The molecule has 4 aliphatic rings. The summed E-state index contributed by atoms with van der Waals surface area (Å²) in [5.41, 5.74) is 7.24. The minimum absolute atomic E-state index is 0.0165. The molecular formula is C30H36ClN5. The van der Waals surface area contributed by atoms with E-state index in [2.05, 4.69) is 65.3 Å². The largest absolute Gasteiger partial charge is 0.358 e. The second kappa shape index (κ2) is 8.74. The van der Waals surface area contributed by atoms with Crippen LogP contribution in [0, 0.1) is 5.41 Å². The molecule has 1 aliphatic carbocycles. The van der Waals surface area contributed by atoms with Crippen molar-refractivity contribution in [2.75, 3.05) is 29.9 Å². The maximum atomic E-state index is 6.34. The Morgan fingerprint density at radius 2 is 1.92 bits per heavy atom. The molecule has 6 heteroatoms. The van der Waals surface area contributed by atoms with E-state index >= 15 is 0 Å². The second-order valence-corrected chi connectivity index (χ2v) is 12.3. The van der Waals surface area contributed by atoms with E-state index in [1.807, 2.05) is 18.5 Å². The van der Waals surface area contributed by atoms with Crippen molar-refractivity contribution in [3.05, 3.63) is 71.2 Å². The van der Waals surface area contributed by atoms with E-state index in [1.165, 1.54) is 29.7 Å². The highest BCUT2D eigenvalue weighted by atomic mass is 35.5. The monoisotopic (exact) mass is 501 g/mol. The number of nitrogens with one attached hydrogen (secondary N) is 1. The summed E-state index contributed by atoms with van der Waals surface area (Å²) in [7, 11) is 0. The lowest BCUT2D eigenvalue weighted by Gasteiger charge is -2.49. The molecule has 1 spiro atoms. The van der Waals surface area contributed by atoms with Crippen molar-refractivity contribution in [3.63, 3.8) is 0 Å². The summed E-state index contributed by atoms with van der Waals surface area (Å²) in [4.78, 5) is 14.4. The first-order valence-corrected chi connectivity index (χ1v) is 13.6. The SMILES string of the molecule is C=C1C=Nc2cc(CCCN3CCC4(CC3)C(=C)Nc3ccc(Cl)cc34)cnc2N1C1CC(C)(C)C1. The third kappa shape index (κ3) is 4.06. The van der Waals surface area contributed by atoms with Crippen molar-refractivity contribution < 1.29 is 0 Å². The molecule has 1 saturated heterocycles. The summed E-state index contributed by atoms with van der Waals surface area (Å²) in [6.45, 7) is 16.5. The van der Waals surface area contributed by atoms with Crippen molar-refractivity contribution in [1.29, 1.82) is 0 Å². The number of aromatic nitrogens is 1. The number of piperidine rings is 1. The van der Waals surface area contributed by atoms with Crippen LogP contribution >= 0.6 is 11.6 Å². The van der Waals surface area contributed by atoms with Gasteiger partial charge < -0.3 is 15.1 Å². The van der Waals surface area contributed by atoms with Crippen LogP contribution in [0.2, 0.25) is 5.02 Å². The maximum Gasteiger partial charge on any atom is 0.159 e. The molecule has 2 fully saturated rings. The van der Waals surface area contributed by atoms with Gasteiger partial charge in [-0.15, -0.1) is 0 Å². The molecule has 36 heavy (non-hydrogen) atoms. The van der Waals surface area contributed by atoms with Gasteiger partial charge >= 0.3 is 0 Å². The van der Waals surface area contributed by atoms with Crippen LogP contribution in [0.25, 0.3) is 0 Å². The van der Waals surface area contributed by atoms with E-state index in [0.717, 1.165) is 73.2 Å². The third-order valence-electron chi connectivity index (χ3n) is 8.75. The Morgan fingerprint density at radius 3 is 2.67 bits per heavy atom. The Balaban J connectivity index is 1.05. The minimum Gasteiger partial charge on any atom is -0.358 e. The molecule has 3 aliphatic heterocycles. The number of nitrogens with zero attached hydrogens (tertiary/aromatic N) is 4. The van der Waals surface area contributed by atoms with E-state index in [-0.39, 0.29) is 5.41 Å². The van der Waals surface area contributed by atoms with Crippen LogP contribution in [0.15, 0.2) is 60.0 Å². The maximum absolute atomic E-state index is 6.34. The molecule has 1 saturated carbocycles. The van der Waals surface area contributed by atoms with Crippen molar-refractivity contribution in [2.24, 2.45) is 10.4 Å². The predicted octanol–water partition coefficient (Wildman–Crippen LogP) is 6.87. The second-order valence-electron chi connectivity index (χ2n) is 11.9. The number of halogens is 1. The van der Waals surface area contributed by atoms with Gasteiger partial charge in [0.1, 0.15) is 5.69 Å². The first-order chi connectivity index (χ1) is 17.2. The van der Waals surface area contributed by atoms with Gasteiger partial charge in [-0.3, -0.25) is 4.99 Å². The van der Waals surface area contributed by atoms with Gasteiger partial charge in [0, 0.05) is 34.1 Å². The fourth-order valence-electron chi connectivity index (χ4n) is 6.76. The molecule has 188 valence electrons. The first-order valence-electron chi connectivity index (χ1n) is 13.2. The molecule has 1 N–H and O–H groups in total. The summed E-state index contributed by atoms with van der Waals surface area (Å²) >= 11 is 6.34. The highest BCUT2D eigenvalue weighted by molar-refractivity contribution is 6.30. The van der Waals surface area contributed by atoms with Crippen LogP contribution < -0.4 is 10.2 Å². The van der Waals surface area contributed by atoms with Gasteiger partial charge in [-0.25, -0.2) is 4.98 Å². The highest BCUT2D eigenvalue weighted by Gasteiger charge is 2.44. The molecule has 0 amide bonds. The summed E-state index contributed by atoms with van der Waals surface area (Å²) in [5, 5.41) is 4.32. The molecule has 0 unspecified atom stereocenters. The number of pyridine rings is 1. The molecule has 0 atom stereocenters. The highest BCUT2D eigenvalue weighted by Crippen LogP contribution is 2.50. The average Bonchev–Trinajstić information content (AvgIpc) is 3.09. The molecule has 4 heterocycles. The normalized spacial score (nSPS) is 22.4. The number of allylic oxidation sites excluding steroid dienone is 2. The van der Waals surface area contributed by atoms with E-state index in [9.17, 15) is 0 Å². The molecule has 2 aromatic rings. The predicted molar refractivity (Wildman–Crippen MR) is 151 cm³/mol. The number of hydrogen-bond donors (Lipinski definition) is 1. The molecule has 5 nitrogen and oxygen atoms in total. The van der Waals surface area contributed by atoms with Crippen LogP contribution in [0.1, 0.15) is 57.1 Å². The number of aryl methyl sites for hydroxylation is 1. The summed E-state index contributed by atoms with van der Waals surface area (Å²) in [5.74, 6) is 0.971. The standard InChI is InChI=1S/C30H36ClN5/c1-20-18-32-27-14-22(19-33-28(27)36(20)24-16-29(3,4)17-24)6-5-11-35-12-9-30(10-13-35)21(2)34-26-8-7-23(31)15-25(26)30/h7-8,14-15,18-19,24,34H,1-2,5-6,9-13,16-17H2,3-4H3. The molecule has 0 radical (unpaired) electrons. The number of fused-ring (bicyclic) bond motifs is 3. The zero-order chi connectivity index (χ0) is 25.1. The molecule has 0 bridgehead atoms. The lowest BCUT2D eigenvalue weighted by molar-refractivity contribution is 0.152. The van der Waals surface area contributed by atoms with Gasteiger partial charge in [0.05, 0.1) is 11.9 Å². The molecular weight excluding hydrogens is 466 g/mol. The van der Waals surface area contributed by atoms with Gasteiger partial charge in [-0.1, -0.05) is 38.6 Å². The Morgan fingerprint density at radius 1 is 1.14 bits per heavy atom. The van der Waals surface area contributed by atoms with Crippen molar-refractivity contribution >= 4 is 35.0 Å². The zero-order valence-corrected chi connectivity index (χ0v) is 22.2. The lowest BCUT2D eigenvalue weighted by Crippen LogP contribution is -2.49. The van der Waals surface area contributed by atoms with E-state index in [4.69, 9.17) is 16.6 Å². The van der Waals surface area contributed by atoms with E-state index in [0.29, 0.717) is 11.5 Å². The first kappa shape index (κ1) is 23.7. The Bertz CT molecular complexity index is 1250. The van der Waals surface area contributed by atoms with Crippen LogP contribution in [-0.4, -0.2) is 41.8 Å². The van der Waals surface area contributed by atoms with Crippen LogP contribution in [0.3, 0.4) is 0 Å². The average molecular weight is 502 g/mol. The van der Waals surface area contributed by atoms with E-state index in [1.54, 1.807) is 0 Å². The Hall–Kier alpha value is -2.63. The zero-order valence-electron chi connectivity index (χ0n) is 21.5. The van der Waals surface area contributed by atoms with Gasteiger partial charge in [0.2, 0.25) is 0 Å². The summed E-state index contributed by atoms with van der Waals surface area (Å²) in [6, 6.07) is 8.88. The smallest absolute Gasteiger partial charge is 0.159 e. The van der Waals surface area contributed by atoms with E-state index < -0.39 is 0 Å². The van der Waals surface area contributed by atoms with Gasteiger partial charge in [0.25, 0.3) is 0 Å². The number of hydrogen-bond acceptors (Lipinski definition) is 5. The van der Waals surface area contributed by atoms with Gasteiger partial charge in [-0.05, 0) is 99.0 Å². The molecule has 6 rings (SSSR count).